The van der Waals surface area contributed by atoms with Crippen LogP contribution in [-0.2, 0) is 33.2 Å². The van der Waals surface area contributed by atoms with Crippen LogP contribution in [0.1, 0.15) is 103 Å². The van der Waals surface area contributed by atoms with Gasteiger partial charge >= 0.3 is 5.97 Å². The van der Waals surface area contributed by atoms with Crippen molar-refractivity contribution in [1.82, 2.24) is 0 Å². The first-order valence-electron chi connectivity index (χ1n) is 16.6. The van der Waals surface area contributed by atoms with Gasteiger partial charge in [0.15, 0.2) is 12.6 Å². The summed E-state index contributed by atoms with van der Waals surface area (Å²) in [6.45, 7) is 3.97. The van der Waals surface area contributed by atoms with Gasteiger partial charge in [0, 0.05) is 36.8 Å². The average molecular weight is 642 g/mol. The van der Waals surface area contributed by atoms with Crippen molar-refractivity contribution in [2.75, 3.05) is 20.3 Å². The number of rotatable bonds is 13. The summed E-state index contributed by atoms with van der Waals surface area (Å²) in [6.07, 6.45) is 20.9. The van der Waals surface area contributed by atoms with E-state index in [1.54, 1.807) is 0 Å². The van der Waals surface area contributed by atoms with Crippen molar-refractivity contribution in [1.29, 1.82) is 0 Å². The number of halogens is 1. The molecule has 2 aliphatic carbocycles. The van der Waals surface area contributed by atoms with Gasteiger partial charge in [-0.2, -0.15) is 0 Å². The van der Waals surface area contributed by atoms with E-state index in [-0.39, 0.29) is 53.7 Å². The number of fused-ring (bicyclic) bond motifs is 1. The molecule has 5 aliphatic rings. The van der Waals surface area contributed by atoms with Gasteiger partial charge in [0.25, 0.3) is 0 Å². The van der Waals surface area contributed by atoms with E-state index in [1.165, 1.54) is 39.2 Å². The van der Waals surface area contributed by atoms with Gasteiger partial charge < -0.3 is 28.4 Å². The molecule has 7 nitrogen and oxygen atoms in total. The van der Waals surface area contributed by atoms with Gasteiger partial charge in [-0.25, -0.2) is 0 Å². The molecule has 0 aromatic heterocycles. The Kier molecular flexibility index (Phi) is 12.4. The molecule has 3 heterocycles. The van der Waals surface area contributed by atoms with Crippen molar-refractivity contribution in [2.24, 2.45) is 23.7 Å². The number of alkyl halides is 1. The predicted octanol–water partition coefficient (Wildman–Crippen LogP) is 7.09. The Morgan fingerprint density at radius 1 is 0.976 bits per heavy atom. The summed E-state index contributed by atoms with van der Waals surface area (Å²) in [5.41, 5.74) is 0. The Bertz CT molecular complexity index is 820. The van der Waals surface area contributed by atoms with Gasteiger partial charge in [0.05, 0.1) is 31.5 Å². The summed E-state index contributed by atoms with van der Waals surface area (Å²) in [7, 11) is 1.45. The van der Waals surface area contributed by atoms with E-state index in [9.17, 15) is 4.79 Å². The van der Waals surface area contributed by atoms with Crippen molar-refractivity contribution < 1.29 is 33.2 Å². The SMILES string of the molecule is COC(=O)CCCC(Br)C1C[C@@H]2[C@@H](/C=C/C(OC3CCCCO3)C(C)C3CCCC3)[C@H](OC3CCCCO3)C[C@H]2O1. The highest BCUT2D eigenvalue weighted by molar-refractivity contribution is 9.09. The zero-order chi connectivity index (χ0) is 28.6. The Labute approximate surface area is 255 Å². The number of carbonyl (C=O) groups is 1. The van der Waals surface area contributed by atoms with E-state index in [1.807, 2.05) is 0 Å². The maximum Gasteiger partial charge on any atom is 0.305 e. The van der Waals surface area contributed by atoms with Crippen LogP contribution >= 0.6 is 15.9 Å². The van der Waals surface area contributed by atoms with Gasteiger partial charge in [-0.1, -0.05) is 60.7 Å². The Morgan fingerprint density at radius 3 is 2.37 bits per heavy atom. The molecule has 2 saturated carbocycles. The van der Waals surface area contributed by atoms with Gasteiger partial charge in [-0.3, -0.25) is 4.79 Å². The standard InChI is InChI=1S/C33H53BrO7/c1-22(23-10-3-4-11-23)27(40-32-14-5-7-18-37-32)17-16-24-25-20-30(26(34)12-9-13-31(35)36-2)39-29(25)21-28(24)41-33-15-6-8-19-38-33/h16-17,22-30,32-33H,3-15,18-21H2,1-2H3/b17-16+/t22?,24-,25-,26?,27?,28-,29-,30?,32?,33?/m1/s1. The second-order valence-electron chi connectivity index (χ2n) is 13.1. The minimum atomic E-state index is -0.147. The molecule has 3 saturated heterocycles. The van der Waals surface area contributed by atoms with Crippen molar-refractivity contribution in [3.05, 3.63) is 12.2 Å². The van der Waals surface area contributed by atoms with Crippen molar-refractivity contribution in [3.8, 4) is 0 Å². The summed E-state index contributed by atoms with van der Waals surface area (Å²) < 4.78 is 36.9. The maximum atomic E-state index is 11.6. The second kappa shape index (κ2) is 16.0. The fourth-order valence-corrected chi connectivity index (χ4v) is 8.48. The lowest BCUT2D eigenvalue weighted by Gasteiger charge is -2.33. The van der Waals surface area contributed by atoms with E-state index in [0.717, 1.165) is 71.0 Å². The Hall–Kier alpha value is -0.510. The summed E-state index contributed by atoms with van der Waals surface area (Å²) >= 11 is 3.89. The average Bonchev–Trinajstić information content (AvgIpc) is 3.74. The molecule has 0 radical (unpaired) electrons. The summed E-state index contributed by atoms with van der Waals surface area (Å²) in [5.74, 6) is 1.70. The van der Waals surface area contributed by atoms with Gasteiger partial charge in [0.2, 0.25) is 0 Å². The largest absolute Gasteiger partial charge is 0.469 e. The number of hydrogen-bond acceptors (Lipinski definition) is 7. The molecular weight excluding hydrogens is 588 g/mol. The lowest BCUT2D eigenvalue weighted by Crippen LogP contribution is -2.34. The monoisotopic (exact) mass is 640 g/mol. The lowest BCUT2D eigenvalue weighted by molar-refractivity contribution is -0.195. The van der Waals surface area contributed by atoms with Gasteiger partial charge in [0.1, 0.15) is 0 Å². The van der Waals surface area contributed by atoms with Crippen LogP contribution in [0.2, 0.25) is 0 Å². The minimum Gasteiger partial charge on any atom is -0.469 e. The van der Waals surface area contributed by atoms with E-state index in [0.29, 0.717) is 24.2 Å². The molecule has 5 rings (SSSR count). The molecule has 0 amide bonds. The molecule has 0 aromatic rings. The third kappa shape index (κ3) is 8.78. The van der Waals surface area contributed by atoms with Crippen LogP contribution in [0, 0.1) is 23.7 Å². The molecule has 0 aromatic carbocycles. The first-order chi connectivity index (χ1) is 20.0. The van der Waals surface area contributed by atoms with Crippen LogP contribution in [0.4, 0.5) is 0 Å². The normalized spacial score (nSPS) is 36.8. The Balaban J connectivity index is 1.27. The van der Waals surface area contributed by atoms with Crippen molar-refractivity contribution in [2.45, 2.75) is 145 Å². The quantitative estimate of drug-likeness (QED) is 0.121. The third-order valence-corrected chi connectivity index (χ3v) is 11.4. The van der Waals surface area contributed by atoms with Gasteiger partial charge in [-0.15, -0.1) is 0 Å². The van der Waals surface area contributed by atoms with Crippen molar-refractivity contribution >= 4 is 21.9 Å². The first-order valence-corrected chi connectivity index (χ1v) is 17.5. The van der Waals surface area contributed by atoms with E-state index < -0.39 is 0 Å². The van der Waals surface area contributed by atoms with Crippen LogP contribution in [0.5, 0.6) is 0 Å². The highest BCUT2D eigenvalue weighted by Gasteiger charge is 2.51. The van der Waals surface area contributed by atoms with Crippen LogP contribution in [0.25, 0.3) is 0 Å². The van der Waals surface area contributed by atoms with E-state index >= 15 is 0 Å². The molecule has 8 heteroatoms. The highest BCUT2D eigenvalue weighted by atomic mass is 79.9. The van der Waals surface area contributed by atoms with Crippen LogP contribution < -0.4 is 0 Å². The second-order valence-corrected chi connectivity index (χ2v) is 14.2. The fraction of sp³-hybridized carbons (Fsp3) is 0.909. The lowest BCUT2D eigenvalue weighted by atomic mass is 9.85. The predicted molar refractivity (Wildman–Crippen MR) is 161 cm³/mol. The first kappa shape index (κ1) is 31.9. The molecule has 41 heavy (non-hydrogen) atoms. The molecular formula is C33H53BrO7. The molecule has 3 aliphatic heterocycles. The summed E-state index contributed by atoms with van der Waals surface area (Å²) in [5, 5.41) is 0. The highest BCUT2D eigenvalue weighted by Crippen LogP contribution is 2.48. The number of ether oxygens (including phenoxy) is 6. The molecule has 5 fully saturated rings. The number of esters is 1. The molecule has 0 N–H and O–H groups in total. The number of carbonyl (C=O) groups excluding carboxylic acids is 1. The van der Waals surface area contributed by atoms with Crippen LogP contribution in [-0.4, -0.2) is 68.1 Å². The minimum absolute atomic E-state index is 0.0483. The van der Waals surface area contributed by atoms with Crippen LogP contribution in [0.3, 0.4) is 0 Å². The van der Waals surface area contributed by atoms with Crippen LogP contribution in [0.15, 0.2) is 12.2 Å². The third-order valence-electron chi connectivity index (χ3n) is 10.3. The number of methoxy groups -OCH3 is 1. The van der Waals surface area contributed by atoms with Gasteiger partial charge in [-0.05, 0) is 75.5 Å². The topological polar surface area (TPSA) is 72.5 Å². The molecule has 6 unspecified atom stereocenters. The van der Waals surface area contributed by atoms with E-state index in [4.69, 9.17) is 28.4 Å². The van der Waals surface area contributed by atoms with E-state index in [2.05, 4.69) is 35.0 Å². The smallest absolute Gasteiger partial charge is 0.305 e. The van der Waals surface area contributed by atoms with Crippen molar-refractivity contribution in [3.63, 3.8) is 0 Å². The summed E-state index contributed by atoms with van der Waals surface area (Å²) in [4.78, 5) is 11.8. The molecule has 234 valence electrons. The number of hydrogen-bond donors (Lipinski definition) is 0. The zero-order valence-electron chi connectivity index (χ0n) is 25.3. The Morgan fingerprint density at radius 2 is 1.68 bits per heavy atom. The molecule has 0 bridgehead atoms. The molecule has 10 atom stereocenters. The molecule has 0 spiro atoms. The fourth-order valence-electron chi connectivity index (χ4n) is 7.81. The summed E-state index contributed by atoms with van der Waals surface area (Å²) in [6, 6.07) is 0. The maximum absolute atomic E-state index is 11.6. The zero-order valence-corrected chi connectivity index (χ0v) is 26.8.